The van der Waals surface area contributed by atoms with E-state index in [9.17, 15) is 14.7 Å². The lowest BCUT2D eigenvalue weighted by atomic mass is 9.95. The summed E-state index contributed by atoms with van der Waals surface area (Å²) < 4.78 is 24.3. The highest BCUT2D eigenvalue weighted by Crippen LogP contribution is 2.46. The first-order chi connectivity index (χ1) is 22.4. The molecule has 10 heteroatoms. The van der Waals surface area contributed by atoms with Gasteiger partial charge in [-0.05, 0) is 73.0 Å². The molecule has 1 fully saturated rings. The van der Waals surface area contributed by atoms with Gasteiger partial charge < -0.3 is 24.1 Å². The van der Waals surface area contributed by atoms with Gasteiger partial charge in [0.25, 0.3) is 5.78 Å². The van der Waals surface area contributed by atoms with Crippen LogP contribution in [0, 0.1) is 6.92 Å². The van der Waals surface area contributed by atoms with Gasteiger partial charge in [-0.1, -0.05) is 53.8 Å². The number of carbonyl (C=O) groups excluding carboxylic acids is 2. The molecule has 46 heavy (non-hydrogen) atoms. The fourth-order valence-corrected chi connectivity index (χ4v) is 6.72. The second-order valence-electron chi connectivity index (χ2n) is 10.9. The van der Waals surface area contributed by atoms with Crippen molar-refractivity contribution in [2.24, 2.45) is 0 Å². The van der Waals surface area contributed by atoms with Gasteiger partial charge in [0.05, 0.1) is 28.4 Å². The Morgan fingerprint density at radius 1 is 0.935 bits per heavy atom. The Bertz CT molecular complexity index is 2000. The number of fused-ring (bicyclic) bond motifs is 2. The summed E-state index contributed by atoms with van der Waals surface area (Å²) in [6.07, 6.45) is 0. The molecule has 0 bridgehead atoms. The van der Waals surface area contributed by atoms with E-state index in [0.717, 1.165) is 15.8 Å². The van der Waals surface area contributed by atoms with Crippen molar-refractivity contribution in [3.63, 3.8) is 0 Å². The number of hydrogen-bond donors (Lipinski definition) is 1. The molecule has 232 valence electrons. The molecule has 5 aromatic rings. The molecule has 7 rings (SSSR count). The van der Waals surface area contributed by atoms with E-state index in [0.29, 0.717) is 71.2 Å². The quantitative estimate of drug-likeness (QED) is 0.111. The molecular formula is C36H30N2O7S. The van der Waals surface area contributed by atoms with Gasteiger partial charge in [0.2, 0.25) is 0 Å². The average molecular weight is 635 g/mol. The molecule has 2 aliphatic rings. The highest BCUT2D eigenvalue weighted by atomic mass is 32.1. The summed E-state index contributed by atoms with van der Waals surface area (Å²) in [5.41, 5.74) is 3.54. The maximum Gasteiger partial charge on any atom is 0.301 e. The number of hydrogen-bond acceptors (Lipinski definition) is 9. The number of aliphatic hydroxyl groups excluding tert-OH is 1. The third-order valence-electron chi connectivity index (χ3n) is 7.82. The van der Waals surface area contributed by atoms with Gasteiger partial charge in [-0.2, -0.15) is 0 Å². The number of ketones is 1. The minimum Gasteiger partial charge on any atom is -0.507 e. The predicted octanol–water partition coefficient (Wildman–Crippen LogP) is 6.98. The van der Waals surface area contributed by atoms with Crippen LogP contribution in [0.5, 0.6) is 23.0 Å². The first kappa shape index (κ1) is 29.4. The van der Waals surface area contributed by atoms with Gasteiger partial charge in [-0.15, -0.1) is 0 Å². The normalized spacial score (nSPS) is 17.0. The molecule has 0 unspecified atom stereocenters. The molecule has 1 amide bonds. The zero-order valence-electron chi connectivity index (χ0n) is 25.2. The molecule has 0 radical (unpaired) electrons. The van der Waals surface area contributed by atoms with E-state index in [1.165, 1.54) is 16.2 Å². The topological polar surface area (TPSA) is 107 Å². The van der Waals surface area contributed by atoms with E-state index in [4.69, 9.17) is 23.9 Å². The van der Waals surface area contributed by atoms with Crippen molar-refractivity contribution in [3.8, 4) is 23.0 Å². The zero-order valence-corrected chi connectivity index (χ0v) is 26.0. The molecule has 1 N–H and O–H groups in total. The number of benzene rings is 4. The highest BCUT2D eigenvalue weighted by molar-refractivity contribution is 7.22. The van der Waals surface area contributed by atoms with E-state index in [1.807, 2.05) is 62.4 Å². The molecule has 4 aromatic carbocycles. The van der Waals surface area contributed by atoms with Crippen molar-refractivity contribution < 1.29 is 33.6 Å². The van der Waals surface area contributed by atoms with Crippen LogP contribution in [0.25, 0.3) is 16.0 Å². The van der Waals surface area contributed by atoms with Gasteiger partial charge in [-0.25, -0.2) is 4.98 Å². The Morgan fingerprint density at radius 3 is 2.54 bits per heavy atom. The number of aliphatic hydroxyl groups is 1. The van der Waals surface area contributed by atoms with Crippen molar-refractivity contribution in [1.29, 1.82) is 0 Å². The van der Waals surface area contributed by atoms with Gasteiger partial charge in [0.15, 0.2) is 28.1 Å². The summed E-state index contributed by atoms with van der Waals surface area (Å²) >= 11 is 1.31. The number of ether oxygens (including phenoxy) is 4. The Balaban J connectivity index is 1.36. The summed E-state index contributed by atoms with van der Waals surface area (Å²) in [4.78, 5) is 33.8. The van der Waals surface area contributed by atoms with E-state index < -0.39 is 17.7 Å². The van der Waals surface area contributed by atoms with Crippen LogP contribution in [0.3, 0.4) is 0 Å². The first-order valence-corrected chi connectivity index (χ1v) is 15.7. The van der Waals surface area contributed by atoms with E-state index in [1.54, 1.807) is 36.4 Å². The smallest absolute Gasteiger partial charge is 0.301 e. The van der Waals surface area contributed by atoms with E-state index in [2.05, 4.69) is 0 Å². The van der Waals surface area contributed by atoms with Crippen LogP contribution in [-0.2, 0) is 16.2 Å². The third kappa shape index (κ3) is 5.41. The van der Waals surface area contributed by atoms with Crippen molar-refractivity contribution in [1.82, 2.24) is 4.98 Å². The number of nitrogens with zero attached hydrogens (tertiary/aromatic N) is 2. The van der Waals surface area contributed by atoms with Crippen LogP contribution >= 0.6 is 11.3 Å². The van der Waals surface area contributed by atoms with Crippen LogP contribution in [-0.4, -0.2) is 41.6 Å². The Hall–Kier alpha value is -5.35. The molecule has 1 saturated heterocycles. The average Bonchev–Trinajstić information content (AvgIpc) is 3.61. The Kier molecular flexibility index (Phi) is 7.79. The molecule has 9 nitrogen and oxygen atoms in total. The van der Waals surface area contributed by atoms with Crippen LogP contribution in [0.2, 0.25) is 0 Å². The zero-order chi connectivity index (χ0) is 31.8. The van der Waals surface area contributed by atoms with Crippen LogP contribution in [0.15, 0.2) is 90.5 Å². The Morgan fingerprint density at radius 2 is 1.74 bits per heavy atom. The number of anilines is 1. The number of aromatic nitrogens is 1. The van der Waals surface area contributed by atoms with Gasteiger partial charge in [0, 0.05) is 5.56 Å². The van der Waals surface area contributed by atoms with Crippen molar-refractivity contribution in [2.75, 3.05) is 24.7 Å². The minimum absolute atomic E-state index is 0.0717. The number of carbonyl (C=O) groups is 2. The van der Waals surface area contributed by atoms with Crippen molar-refractivity contribution in [3.05, 3.63) is 113 Å². The minimum atomic E-state index is -1.00. The largest absolute Gasteiger partial charge is 0.507 e. The molecule has 0 aliphatic carbocycles. The van der Waals surface area contributed by atoms with Crippen LogP contribution in [0.4, 0.5) is 5.13 Å². The monoisotopic (exact) mass is 634 g/mol. The second kappa shape index (κ2) is 12.2. The Labute approximate surface area is 269 Å². The van der Waals surface area contributed by atoms with Crippen LogP contribution < -0.4 is 23.8 Å². The van der Waals surface area contributed by atoms with Gasteiger partial charge in [0.1, 0.15) is 25.6 Å². The summed E-state index contributed by atoms with van der Waals surface area (Å²) in [6, 6.07) is 24.8. The number of Topliss-reactive ketones (excluding diaryl/α,β-unsaturated/α-hetero) is 1. The lowest BCUT2D eigenvalue weighted by Gasteiger charge is -2.24. The fourth-order valence-electron chi connectivity index (χ4n) is 5.63. The molecule has 0 spiro atoms. The van der Waals surface area contributed by atoms with Crippen molar-refractivity contribution in [2.45, 2.75) is 26.5 Å². The summed E-state index contributed by atoms with van der Waals surface area (Å²) in [5.74, 6) is -0.00719. The predicted molar refractivity (Wildman–Crippen MR) is 175 cm³/mol. The van der Waals surface area contributed by atoms with Crippen molar-refractivity contribution >= 4 is 44.1 Å². The SMILES string of the molecule is CCOc1cc([C@@H]2/C(=C(\O)c3ccc4c(c3)OCCO4)C(=O)C(=O)N2c2nc3ccc(C)cc3s2)ccc1OCc1ccccc1. The van der Waals surface area contributed by atoms with Crippen LogP contribution in [0.1, 0.15) is 35.2 Å². The van der Waals surface area contributed by atoms with Gasteiger partial charge >= 0.3 is 5.91 Å². The number of amides is 1. The highest BCUT2D eigenvalue weighted by Gasteiger charge is 2.48. The lowest BCUT2D eigenvalue weighted by molar-refractivity contribution is -0.132. The lowest BCUT2D eigenvalue weighted by Crippen LogP contribution is -2.29. The molecule has 2 aliphatic heterocycles. The second-order valence-corrected chi connectivity index (χ2v) is 11.9. The molecule has 1 atom stereocenters. The summed E-state index contributed by atoms with van der Waals surface area (Å²) in [5, 5.41) is 12.1. The maximum atomic E-state index is 13.8. The molecule has 3 heterocycles. The number of aryl methyl sites for hydroxylation is 1. The first-order valence-electron chi connectivity index (χ1n) is 14.9. The standard InChI is InChI=1S/C36H30N2O7S/c1-3-42-28-18-23(10-13-27(28)45-20-22-7-5-4-6-8-22)32-31(33(39)24-11-14-26-29(19-24)44-16-15-43-26)34(40)35(41)38(32)36-37-25-12-9-21(2)17-30(25)46-36/h4-14,17-19,32,39H,3,15-16,20H2,1-2H3/b33-31+/t32-/m1/s1. The number of rotatable bonds is 8. The van der Waals surface area contributed by atoms with Gasteiger partial charge in [-0.3, -0.25) is 14.5 Å². The summed E-state index contributed by atoms with van der Waals surface area (Å²) in [7, 11) is 0. The third-order valence-corrected chi connectivity index (χ3v) is 8.84. The van der Waals surface area contributed by atoms with E-state index in [-0.39, 0.29) is 11.3 Å². The number of thiazole rings is 1. The maximum absolute atomic E-state index is 13.8. The fraction of sp³-hybridized carbons (Fsp3) is 0.194. The summed E-state index contributed by atoms with van der Waals surface area (Å²) in [6.45, 7) is 5.31. The molecular weight excluding hydrogens is 604 g/mol. The van der Waals surface area contributed by atoms with E-state index >= 15 is 0 Å². The molecule has 0 saturated carbocycles. The molecule has 1 aromatic heterocycles.